The number of carbonyl (C=O) groups excluding carboxylic acids is 2. The molecule has 0 unspecified atom stereocenters. The molecule has 0 bridgehead atoms. The third kappa shape index (κ3) is 6.50. The fraction of sp³-hybridized carbons (Fsp3) is 0.345. The summed E-state index contributed by atoms with van der Waals surface area (Å²) in [7, 11) is 1.62. The van der Waals surface area contributed by atoms with Crippen LogP contribution in [0.5, 0.6) is 5.75 Å². The van der Waals surface area contributed by atoms with Crippen molar-refractivity contribution in [3.8, 4) is 5.75 Å². The van der Waals surface area contributed by atoms with Gasteiger partial charge in [-0.3, -0.25) is 14.5 Å². The third-order valence-electron chi connectivity index (χ3n) is 6.99. The van der Waals surface area contributed by atoms with Crippen LogP contribution in [-0.4, -0.2) is 85.4 Å². The summed E-state index contributed by atoms with van der Waals surface area (Å²) < 4.78 is 10.8. The Bertz CT molecular complexity index is 1310. The van der Waals surface area contributed by atoms with Gasteiger partial charge in [0.25, 0.3) is 11.8 Å². The number of morpholine rings is 1. The van der Waals surface area contributed by atoms with Crippen LogP contribution in [0.25, 0.3) is 0 Å². The predicted octanol–water partition coefficient (Wildman–Crippen LogP) is 4.56. The zero-order valence-corrected chi connectivity index (χ0v) is 23.4. The van der Waals surface area contributed by atoms with Gasteiger partial charge in [0.05, 0.1) is 37.0 Å². The van der Waals surface area contributed by atoms with Gasteiger partial charge < -0.3 is 14.4 Å². The first-order valence-corrected chi connectivity index (χ1v) is 14.2. The zero-order valence-electron chi connectivity index (χ0n) is 21.8. The first kappa shape index (κ1) is 27.3. The number of amides is 2. The van der Waals surface area contributed by atoms with E-state index in [0.29, 0.717) is 42.6 Å². The van der Waals surface area contributed by atoms with E-state index < -0.39 is 0 Å². The average Bonchev–Trinajstić information content (AvgIpc) is 3.67. The molecule has 0 radical (unpaired) electrons. The summed E-state index contributed by atoms with van der Waals surface area (Å²) >= 11 is 7.87. The van der Waals surface area contributed by atoms with Crippen molar-refractivity contribution in [3.63, 3.8) is 0 Å². The number of nitrogens with zero attached hydrogens (tertiary/aromatic N) is 4. The molecular formula is C29H31ClN4O4S. The van der Waals surface area contributed by atoms with E-state index in [1.165, 1.54) is 16.3 Å². The molecule has 10 heteroatoms. The molecule has 0 N–H and O–H groups in total. The fourth-order valence-electron chi connectivity index (χ4n) is 4.82. The smallest absolute Gasteiger partial charge is 0.264 e. The average molecular weight is 567 g/mol. The van der Waals surface area contributed by atoms with Crippen molar-refractivity contribution in [1.29, 1.82) is 0 Å². The molecule has 2 aliphatic heterocycles. The Morgan fingerprint density at radius 1 is 1.10 bits per heavy atom. The lowest BCUT2D eigenvalue weighted by Crippen LogP contribution is -2.46. The molecule has 0 spiro atoms. The molecule has 3 aromatic rings. The van der Waals surface area contributed by atoms with Crippen molar-refractivity contribution in [2.24, 2.45) is 5.10 Å². The normalized spacial score (nSPS) is 17.6. The monoisotopic (exact) mass is 566 g/mol. The molecule has 204 valence electrons. The van der Waals surface area contributed by atoms with E-state index in [4.69, 9.17) is 26.2 Å². The lowest BCUT2D eigenvalue weighted by atomic mass is 9.98. The van der Waals surface area contributed by atoms with Gasteiger partial charge in [-0.05, 0) is 35.2 Å². The highest BCUT2D eigenvalue weighted by Crippen LogP contribution is 2.35. The maximum Gasteiger partial charge on any atom is 0.264 e. The summed E-state index contributed by atoms with van der Waals surface area (Å²) in [6.07, 6.45) is 0.508. The van der Waals surface area contributed by atoms with E-state index in [-0.39, 0.29) is 24.4 Å². The van der Waals surface area contributed by atoms with Gasteiger partial charge in [-0.15, -0.1) is 11.3 Å². The van der Waals surface area contributed by atoms with Crippen LogP contribution in [0.15, 0.2) is 71.1 Å². The summed E-state index contributed by atoms with van der Waals surface area (Å²) in [5.74, 6) is 0.338. The molecule has 1 atom stereocenters. The predicted molar refractivity (Wildman–Crippen MR) is 153 cm³/mol. The van der Waals surface area contributed by atoms with Crippen molar-refractivity contribution < 1.29 is 19.1 Å². The molecular weight excluding hydrogens is 536 g/mol. The highest BCUT2D eigenvalue weighted by Gasteiger charge is 2.35. The van der Waals surface area contributed by atoms with Gasteiger partial charge in [0.15, 0.2) is 0 Å². The van der Waals surface area contributed by atoms with Crippen molar-refractivity contribution in [1.82, 2.24) is 14.8 Å². The van der Waals surface area contributed by atoms with E-state index in [2.05, 4.69) is 4.90 Å². The van der Waals surface area contributed by atoms with Gasteiger partial charge in [-0.1, -0.05) is 48.0 Å². The molecule has 2 aromatic carbocycles. The summed E-state index contributed by atoms with van der Waals surface area (Å²) in [4.78, 5) is 31.8. The molecule has 39 heavy (non-hydrogen) atoms. The van der Waals surface area contributed by atoms with Gasteiger partial charge in [-0.25, -0.2) is 5.01 Å². The van der Waals surface area contributed by atoms with E-state index >= 15 is 0 Å². The standard InChI is InChI=1S/C29H31ClN4O4S/c1-37-22-10-8-21(9-11-22)26-19-25(23-5-2-3-6-24(23)30)31-34(26)28(35)20-33(29(36)27-7-4-18-39-27)13-12-32-14-16-38-17-15-32/h2-11,18,26H,12-17,19-20H2,1H3/t26-/m1/s1. The molecule has 1 fully saturated rings. The lowest BCUT2D eigenvalue weighted by molar-refractivity contribution is -0.133. The summed E-state index contributed by atoms with van der Waals surface area (Å²) in [6, 6.07) is 18.5. The Kier molecular flexibility index (Phi) is 8.93. The van der Waals surface area contributed by atoms with Crippen LogP contribution in [0.3, 0.4) is 0 Å². The van der Waals surface area contributed by atoms with Crippen molar-refractivity contribution in [2.45, 2.75) is 12.5 Å². The number of thiophene rings is 1. The minimum atomic E-state index is -0.326. The van der Waals surface area contributed by atoms with Gasteiger partial charge in [-0.2, -0.15) is 5.10 Å². The molecule has 2 aliphatic rings. The molecule has 1 aromatic heterocycles. The highest BCUT2D eigenvalue weighted by molar-refractivity contribution is 7.12. The Morgan fingerprint density at radius 3 is 2.56 bits per heavy atom. The first-order chi connectivity index (χ1) is 19.0. The third-order valence-corrected chi connectivity index (χ3v) is 8.17. The SMILES string of the molecule is COc1ccc([C@H]2CC(c3ccccc3Cl)=NN2C(=O)CN(CCN2CCOCC2)C(=O)c2cccs2)cc1. The second-order valence-corrected chi connectivity index (χ2v) is 10.8. The minimum absolute atomic E-state index is 0.0764. The quantitative estimate of drug-likeness (QED) is 0.379. The van der Waals surface area contributed by atoms with E-state index in [1.807, 2.05) is 60.0 Å². The van der Waals surface area contributed by atoms with Crippen LogP contribution in [0.4, 0.5) is 0 Å². The molecule has 8 nitrogen and oxygen atoms in total. The number of ether oxygens (including phenoxy) is 2. The Balaban J connectivity index is 1.40. The van der Waals surface area contributed by atoms with Gasteiger partial charge >= 0.3 is 0 Å². The number of hydrazone groups is 1. The summed E-state index contributed by atoms with van der Waals surface area (Å²) in [5, 5.41) is 8.74. The highest BCUT2D eigenvalue weighted by atomic mass is 35.5. The van der Waals surface area contributed by atoms with Crippen LogP contribution in [-0.2, 0) is 9.53 Å². The second-order valence-electron chi connectivity index (χ2n) is 9.42. The van der Waals surface area contributed by atoms with E-state index in [1.54, 1.807) is 18.1 Å². The summed E-state index contributed by atoms with van der Waals surface area (Å²) in [5.41, 5.74) is 2.46. The van der Waals surface area contributed by atoms with Crippen LogP contribution in [0.1, 0.15) is 33.3 Å². The number of hydrogen-bond acceptors (Lipinski definition) is 7. The van der Waals surface area contributed by atoms with Crippen LogP contribution < -0.4 is 4.74 Å². The van der Waals surface area contributed by atoms with Crippen molar-refractivity contribution in [2.75, 3.05) is 53.0 Å². The topological polar surface area (TPSA) is 74.7 Å². The van der Waals surface area contributed by atoms with Crippen LogP contribution in [0, 0.1) is 0 Å². The maximum atomic E-state index is 13.9. The number of rotatable bonds is 9. The van der Waals surface area contributed by atoms with Gasteiger partial charge in [0.1, 0.15) is 12.3 Å². The largest absolute Gasteiger partial charge is 0.497 e. The number of benzene rings is 2. The fourth-order valence-corrected chi connectivity index (χ4v) is 5.75. The minimum Gasteiger partial charge on any atom is -0.497 e. The first-order valence-electron chi connectivity index (χ1n) is 12.9. The van der Waals surface area contributed by atoms with E-state index in [0.717, 1.165) is 35.7 Å². The molecule has 1 saturated heterocycles. The van der Waals surface area contributed by atoms with Gasteiger partial charge in [0, 0.05) is 43.2 Å². The Morgan fingerprint density at radius 2 is 1.87 bits per heavy atom. The second kappa shape index (κ2) is 12.7. The van der Waals surface area contributed by atoms with Crippen LogP contribution in [0.2, 0.25) is 5.02 Å². The van der Waals surface area contributed by atoms with Crippen LogP contribution >= 0.6 is 22.9 Å². The number of carbonyl (C=O) groups is 2. The van der Waals surface area contributed by atoms with Gasteiger partial charge in [0.2, 0.25) is 0 Å². The maximum absolute atomic E-state index is 13.9. The molecule has 0 saturated carbocycles. The lowest BCUT2D eigenvalue weighted by Gasteiger charge is -2.31. The zero-order chi connectivity index (χ0) is 27.2. The Labute approximate surface area is 237 Å². The Hall–Kier alpha value is -3.24. The molecule has 0 aliphatic carbocycles. The van der Waals surface area contributed by atoms with E-state index in [9.17, 15) is 9.59 Å². The number of methoxy groups -OCH3 is 1. The van der Waals surface area contributed by atoms with Crippen molar-refractivity contribution in [3.05, 3.63) is 87.1 Å². The van der Waals surface area contributed by atoms with Crippen molar-refractivity contribution >= 4 is 40.5 Å². The molecule has 2 amide bonds. The number of hydrogen-bond donors (Lipinski definition) is 0. The number of halogens is 1. The summed E-state index contributed by atoms with van der Waals surface area (Å²) in [6.45, 7) is 4.00. The molecule has 5 rings (SSSR count). The molecule has 3 heterocycles.